The third kappa shape index (κ3) is 9.64. The van der Waals surface area contributed by atoms with Gasteiger partial charge in [-0.3, -0.25) is 0 Å². The summed E-state index contributed by atoms with van der Waals surface area (Å²) < 4.78 is 77.0. The van der Waals surface area contributed by atoms with E-state index < -0.39 is 37.1 Å². The number of ether oxygens (including phenoxy) is 1. The summed E-state index contributed by atoms with van der Waals surface area (Å²) in [4.78, 5) is 9.23. The number of hydrogen-bond donors (Lipinski definition) is 0. The first kappa shape index (κ1) is 40.3. The Morgan fingerprint density at radius 3 is 1.95 bits per heavy atom. The van der Waals surface area contributed by atoms with Crippen LogP contribution < -0.4 is 14.5 Å². The van der Waals surface area contributed by atoms with E-state index in [0.29, 0.717) is 22.5 Å². The van der Waals surface area contributed by atoms with E-state index in [9.17, 15) is 0 Å². The molecule has 5 nitrogen and oxygen atoms in total. The van der Waals surface area contributed by atoms with E-state index in [1.165, 1.54) is 29.0 Å². The molecule has 1 aliphatic rings. The molecule has 8 aromatic carbocycles. The molecular weight excluding hydrogens is 1070 g/mol. The molecule has 10 aromatic rings. The van der Waals surface area contributed by atoms with Gasteiger partial charge in [0.1, 0.15) is 5.82 Å². The molecule has 0 unspecified atom stereocenters. The first-order chi connectivity index (χ1) is 37.7. The summed E-state index contributed by atoms with van der Waals surface area (Å²) >= 11 is 0. The van der Waals surface area contributed by atoms with Crippen LogP contribution >= 0.6 is 0 Å². The minimum atomic E-state index is -2.77. The second-order valence-electron chi connectivity index (χ2n) is 21.8. The van der Waals surface area contributed by atoms with Gasteiger partial charge in [0.05, 0.1) is 6.85 Å². The largest absolute Gasteiger partial charge is 0.509 e. The maximum absolute atomic E-state index is 8.72. The van der Waals surface area contributed by atoms with Crippen molar-refractivity contribution in [2.75, 3.05) is 9.80 Å². The van der Waals surface area contributed by atoms with Gasteiger partial charge in [-0.05, 0) is 115 Å². The second-order valence-corrected chi connectivity index (χ2v) is 21.8. The van der Waals surface area contributed by atoms with Gasteiger partial charge in [-0.2, -0.15) is 12.1 Å². The standard InChI is InChI=1S/C67H61N4O.Pt/c1-44-33-64(68-42-59(44)46-21-15-12-16-22-46)71-60-31-27-48(45-19-13-11-14-20-45)35-58(60)57-30-29-56(41-62(57)71)72-55-26-18-25-53(40-55)69-43-70(54-38-51(66(5,6)7)37-52(39-54)67(8,9)10)63-36-49(28-32-61(63)69)47-23-17-24-50(34-47)65(2,3)4;/h11-39,42-43H,1-10H3;/q-3;/i1D3,12D,15D,16D,21D,22D;. The van der Waals surface area contributed by atoms with E-state index in [-0.39, 0.29) is 59.8 Å². The predicted molar refractivity (Wildman–Crippen MR) is 301 cm³/mol. The van der Waals surface area contributed by atoms with Crippen LogP contribution in [0, 0.1) is 25.7 Å². The average Bonchev–Trinajstić information content (AvgIpc) is 4.05. The van der Waals surface area contributed by atoms with Gasteiger partial charge in [0.25, 0.3) is 0 Å². The fourth-order valence-corrected chi connectivity index (χ4v) is 9.46. The number of nitrogens with zero attached hydrogens (tertiary/aromatic N) is 4. The molecule has 0 aliphatic carbocycles. The monoisotopic (exact) mass is 1140 g/mol. The third-order valence-corrected chi connectivity index (χ3v) is 13.6. The molecule has 0 radical (unpaired) electrons. The molecule has 73 heavy (non-hydrogen) atoms. The van der Waals surface area contributed by atoms with Crippen molar-refractivity contribution >= 4 is 44.6 Å². The Hall–Kier alpha value is -7.20. The Kier molecular flexibility index (Phi) is 10.5. The molecule has 0 amide bonds. The van der Waals surface area contributed by atoms with E-state index in [1.54, 1.807) is 0 Å². The summed E-state index contributed by atoms with van der Waals surface area (Å²) in [5, 5.41) is 1.65. The molecule has 6 heteroatoms. The van der Waals surface area contributed by atoms with E-state index in [1.807, 2.05) is 77.4 Å². The van der Waals surface area contributed by atoms with Gasteiger partial charge >= 0.3 is 0 Å². The molecule has 0 saturated carbocycles. The van der Waals surface area contributed by atoms with Crippen LogP contribution in [0.15, 0.2) is 182 Å². The van der Waals surface area contributed by atoms with Crippen molar-refractivity contribution in [3.63, 3.8) is 0 Å². The summed E-state index contributed by atoms with van der Waals surface area (Å²) in [5.74, 6) is 1.03. The topological polar surface area (TPSA) is 33.5 Å². The van der Waals surface area contributed by atoms with Gasteiger partial charge in [0, 0.05) is 71.0 Å². The average molecular weight is 1140 g/mol. The molecular formula is C67H61N4OPt-3. The van der Waals surface area contributed by atoms with E-state index in [4.69, 9.17) is 20.7 Å². The number of hydrogen-bond acceptors (Lipinski definition) is 4. The molecule has 2 aromatic heterocycles. The van der Waals surface area contributed by atoms with Crippen molar-refractivity contribution in [1.82, 2.24) is 9.55 Å². The summed E-state index contributed by atoms with van der Waals surface area (Å²) in [6.45, 7) is 19.6. The van der Waals surface area contributed by atoms with Gasteiger partial charge in [-0.15, -0.1) is 48.1 Å². The molecule has 1 aliphatic heterocycles. The zero-order valence-corrected chi connectivity index (χ0v) is 44.8. The van der Waals surface area contributed by atoms with Crippen molar-refractivity contribution in [2.24, 2.45) is 0 Å². The molecule has 0 atom stereocenters. The smallest absolute Gasteiger partial charge is 0.135 e. The van der Waals surface area contributed by atoms with Crippen LogP contribution in [0.2, 0.25) is 0 Å². The van der Waals surface area contributed by atoms with Crippen molar-refractivity contribution in [2.45, 2.75) is 85.4 Å². The van der Waals surface area contributed by atoms with Gasteiger partial charge in [0.2, 0.25) is 0 Å². The molecule has 0 N–H and O–H groups in total. The number of fused-ring (bicyclic) bond motifs is 4. The Morgan fingerprint density at radius 2 is 1.22 bits per heavy atom. The van der Waals surface area contributed by atoms with Gasteiger partial charge < -0.3 is 19.1 Å². The summed E-state index contributed by atoms with van der Waals surface area (Å²) in [6.07, 6.45) is 1.28. The molecule has 3 heterocycles. The Labute approximate surface area is 457 Å². The molecule has 0 saturated heterocycles. The minimum Gasteiger partial charge on any atom is -0.509 e. The summed E-state index contributed by atoms with van der Waals surface area (Å²) in [6, 6.07) is 53.8. The summed E-state index contributed by atoms with van der Waals surface area (Å²) in [7, 11) is 0. The zero-order valence-electron chi connectivity index (χ0n) is 50.5. The number of rotatable bonds is 8. The number of anilines is 4. The van der Waals surface area contributed by atoms with Crippen molar-refractivity contribution < 1.29 is 36.8 Å². The molecule has 11 rings (SSSR count). The minimum absolute atomic E-state index is 0. The Balaban J connectivity index is 0.00000736. The molecule has 368 valence electrons. The zero-order chi connectivity index (χ0) is 57.0. The van der Waals surface area contributed by atoms with Crippen LogP contribution in [0.3, 0.4) is 0 Å². The van der Waals surface area contributed by atoms with E-state index in [2.05, 4.69) is 158 Å². The maximum Gasteiger partial charge on any atom is 0.135 e. The van der Waals surface area contributed by atoms with Gasteiger partial charge in [-0.25, -0.2) is 4.98 Å². The van der Waals surface area contributed by atoms with Crippen molar-refractivity contribution in [3.05, 3.63) is 223 Å². The van der Waals surface area contributed by atoms with Crippen LogP contribution in [0.5, 0.6) is 11.5 Å². The fraction of sp³-hybridized carbons (Fsp3) is 0.194. The normalized spacial score (nSPS) is 14.6. The maximum atomic E-state index is 8.72. The van der Waals surface area contributed by atoms with Crippen molar-refractivity contribution in [3.8, 4) is 50.7 Å². The van der Waals surface area contributed by atoms with Crippen LogP contribution in [-0.2, 0) is 37.3 Å². The van der Waals surface area contributed by atoms with Crippen molar-refractivity contribution in [1.29, 1.82) is 0 Å². The van der Waals surface area contributed by atoms with Gasteiger partial charge in [-0.1, -0.05) is 177 Å². The van der Waals surface area contributed by atoms with Gasteiger partial charge in [0.15, 0.2) is 0 Å². The SMILES string of the molecule is [2H]c1c([2H])c([2H])c(-c2cnc(-n3c4[c-]c(Oc5[c-]c(N6[CH-]N(c7cc(C(C)(C)C)cc(C(C)(C)C)c7)c7cc(-c8cccc(C(C)(C)C)c8)ccc76)ccc5)ccc4c4cc(-c5ccccc5)ccc43)cc2C([2H])([2H])[2H])c([2H])c1[2H].[Pt]. The number of pyridine rings is 1. The molecule has 0 bridgehead atoms. The molecule has 0 spiro atoms. The Bertz CT molecular complexity index is 4040. The van der Waals surface area contributed by atoms with E-state index in [0.717, 1.165) is 55.8 Å². The first-order valence-corrected chi connectivity index (χ1v) is 24.4. The quantitative estimate of drug-likeness (QED) is 0.142. The number of aromatic nitrogens is 2. The fourth-order valence-electron chi connectivity index (χ4n) is 9.46. The second kappa shape index (κ2) is 19.0. The first-order valence-electron chi connectivity index (χ1n) is 28.4. The van der Waals surface area contributed by atoms with Crippen LogP contribution in [0.1, 0.15) is 95.5 Å². The summed E-state index contributed by atoms with van der Waals surface area (Å²) in [5.41, 5.74) is 12.3. The van der Waals surface area contributed by atoms with Crippen LogP contribution in [-0.4, -0.2) is 9.55 Å². The Morgan fingerprint density at radius 1 is 0.548 bits per heavy atom. The number of benzene rings is 8. The van der Waals surface area contributed by atoms with Crippen LogP contribution in [0.25, 0.3) is 61.0 Å². The molecule has 0 fully saturated rings. The van der Waals surface area contributed by atoms with E-state index >= 15 is 0 Å². The predicted octanol–water partition coefficient (Wildman–Crippen LogP) is 18.2. The van der Waals surface area contributed by atoms with Crippen LogP contribution in [0.4, 0.5) is 22.7 Å². The number of aryl methyl sites for hydroxylation is 1. The third-order valence-electron chi connectivity index (χ3n) is 13.6.